The van der Waals surface area contributed by atoms with Gasteiger partial charge in [0.1, 0.15) is 5.76 Å². The lowest BCUT2D eigenvalue weighted by molar-refractivity contribution is -0.897. The number of aromatic nitrogens is 3. The molecular weight excluding hydrogens is 390 g/mol. The van der Waals surface area contributed by atoms with Gasteiger partial charge in [0.25, 0.3) is 5.56 Å². The second kappa shape index (κ2) is 9.71. The minimum atomic E-state index is -0.230. The van der Waals surface area contributed by atoms with Crippen molar-refractivity contribution in [1.82, 2.24) is 14.7 Å². The Morgan fingerprint density at radius 2 is 2.03 bits per heavy atom. The topological polar surface area (TPSA) is 94.5 Å². The number of anilines is 1. The number of fused-ring (bicyclic) bond motifs is 1. The number of amides is 1. The molecule has 1 amide bonds. The standard InChI is InChI=1S/C20H25N5O3S/c1-4-24(5-2)10-11-25-19(27)15-8-6-7-9-16(15)21-20(25)29-13-18(26)22-17-12-14(3)28-23-17/h6-9,12H,4-5,10-11,13H2,1-3H3,(H,22,23,26)/p+1. The van der Waals surface area contributed by atoms with Crippen LogP contribution in [0.1, 0.15) is 19.6 Å². The van der Waals surface area contributed by atoms with E-state index in [9.17, 15) is 9.59 Å². The van der Waals surface area contributed by atoms with Gasteiger partial charge in [-0.05, 0) is 32.9 Å². The predicted molar refractivity (Wildman–Crippen MR) is 114 cm³/mol. The molecule has 8 nitrogen and oxygen atoms in total. The Bertz CT molecular complexity index is 1040. The fraction of sp³-hybridized carbons (Fsp3) is 0.400. The van der Waals surface area contributed by atoms with Gasteiger partial charge < -0.3 is 14.7 Å². The molecule has 0 aliphatic rings. The fourth-order valence-electron chi connectivity index (χ4n) is 3.06. The Hall–Kier alpha value is -2.65. The molecule has 0 saturated heterocycles. The van der Waals surface area contributed by atoms with Crippen LogP contribution in [0.15, 0.2) is 44.8 Å². The van der Waals surface area contributed by atoms with Crippen molar-refractivity contribution in [3.05, 3.63) is 46.4 Å². The Labute approximate surface area is 173 Å². The first-order valence-corrected chi connectivity index (χ1v) is 10.7. The number of hydrogen-bond acceptors (Lipinski definition) is 6. The molecular formula is C20H26N5O3S+. The van der Waals surface area contributed by atoms with Gasteiger partial charge in [-0.3, -0.25) is 14.2 Å². The summed E-state index contributed by atoms with van der Waals surface area (Å²) >= 11 is 1.25. The maximum atomic E-state index is 13.1. The number of rotatable bonds is 9. The molecule has 0 bridgehead atoms. The third kappa shape index (κ3) is 5.24. The van der Waals surface area contributed by atoms with Crippen LogP contribution in [0, 0.1) is 6.92 Å². The number of nitrogens with one attached hydrogen (secondary N) is 2. The summed E-state index contributed by atoms with van der Waals surface area (Å²) in [6.45, 7) is 9.39. The summed E-state index contributed by atoms with van der Waals surface area (Å²) in [5, 5.41) is 7.59. The van der Waals surface area contributed by atoms with Crippen molar-refractivity contribution in [2.75, 3.05) is 30.7 Å². The lowest BCUT2D eigenvalue weighted by Gasteiger charge is -2.18. The molecule has 154 valence electrons. The van der Waals surface area contributed by atoms with Gasteiger partial charge in [-0.25, -0.2) is 4.98 Å². The normalized spacial score (nSPS) is 11.3. The Morgan fingerprint density at radius 1 is 1.28 bits per heavy atom. The van der Waals surface area contributed by atoms with Crippen LogP contribution in [-0.4, -0.2) is 46.0 Å². The van der Waals surface area contributed by atoms with Gasteiger partial charge in [0.05, 0.1) is 42.8 Å². The summed E-state index contributed by atoms with van der Waals surface area (Å²) in [6, 6.07) is 8.96. The molecule has 0 aliphatic heterocycles. The zero-order valence-electron chi connectivity index (χ0n) is 16.9. The van der Waals surface area contributed by atoms with Gasteiger partial charge >= 0.3 is 0 Å². The van der Waals surface area contributed by atoms with Crippen molar-refractivity contribution in [2.45, 2.75) is 32.5 Å². The molecule has 0 aliphatic carbocycles. The monoisotopic (exact) mass is 416 g/mol. The second-order valence-corrected chi connectivity index (χ2v) is 7.68. The summed E-state index contributed by atoms with van der Waals surface area (Å²) in [4.78, 5) is 31.4. The van der Waals surface area contributed by atoms with Crippen LogP contribution in [0.4, 0.5) is 5.82 Å². The van der Waals surface area contributed by atoms with E-state index in [4.69, 9.17) is 4.52 Å². The van der Waals surface area contributed by atoms with E-state index in [1.165, 1.54) is 16.7 Å². The lowest BCUT2D eigenvalue weighted by atomic mass is 10.2. The van der Waals surface area contributed by atoms with E-state index in [1.54, 1.807) is 23.6 Å². The maximum Gasteiger partial charge on any atom is 0.262 e. The van der Waals surface area contributed by atoms with Crippen molar-refractivity contribution >= 4 is 34.4 Å². The number of carbonyl (C=O) groups is 1. The average Bonchev–Trinajstić information content (AvgIpc) is 3.13. The highest BCUT2D eigenvalue weighted by molar-refractivity contribution is 7.99. The summed E-state index contributed by atoms with van der Waals surface area (Å²) in [7, 11) is 0. The largest absolute Gasteiger partial charge is 0.360 e. The van der Waals surface area contributed by atoms with E-state index >= 15 is 0 Å². The van der Waals surface area contributed by atoms with Crippen LogP contribution < -0.4 is 15.8 Å². The third-order valence-electron chi connectivity index (χ3n) is 4.74. The van der Waals surface area contributed by atoms with Crippen LogP contribution in [0.3, 0.4) is 0 Å². The molecule has 2 aromatic heterocycles. The van der Waals surface area contributed by atoms with Gasteiger partial charge in [-0.1, -0.05) is 29.1 Å². The Balaban J connectivity index is 1.81. The van der Waals surface area contributed by atoms with E-state index in [-0.39, 0.29) is 17.2 Å². The maximum absolute atomic E-state index is 13.1. The highest BCUT2D eigenvalue weighted by Gasteiger charge is 2.15. The first-order valence-electron chi connectivity index (χ1n) is 9.71. The number of carbonyl (C=O) groups excluding carboxylic acids is 1. The van der Waals surface area contributed by atoms with E-state index in [1.807, 2.05) is 18.2 Å². The van der Waals surface area contributed by atoms with Crippen molar-refractivity contribution in [3.8, 4) is 0 Å². The van der Waals surface area contributed by atoms with Crippen LogP contribution in [0.2, 0.25) is 0 Å². The Kier molecular flexibility index (Phi) is 7.05. The van der Waals surface area contributed by atoms with Gasteiger partial charge in [-0.2, -0.15) is 0 Å². The molecule has 2 heterocycles. The molecule has 0 radical (unpaired) electrons. The smallest absolute Gasteiger partial charge is 0.262 e. The summed E-state index contributed by atoms with van der Waals surface area (Å²) in [5.74, 6) is 0.889. The molecule has 0 atom stereocenters. The zero-order valence-corrected chi connectivity index (χ0v) is 17.7. The predicted octanol–water partition coefficient (Wildman–Crippen LogP) is 1.35. The molecule has 0 saturated carbocycles. The molecule has 29 heavy (non-hydrogen) atoms. The number of nitrogens with zero attached hydrogens (tertiary/aromatic N) is 3. The lowest BCUT2D eigenvalue weighted by Crippen LogP contribution is -3.11. The summed E-state index contributed by atoms with van der Waals surface area (Å²) < 4.78 is 6.64. The van der Waals surface area contributed by atoms with Gasteiger partial charge in [0.15, 0.2) is 11.0 Å². The molecule has 3 aromatic rings. The minimum Gasteiger partial charge on any atom is -0.360 e. The SMILES string of the molecule is CC[NH+](CC)CCn1c(SCC(=O)Nc2cc(C)on2)nc2ccccc2c1=O. The molecule has 0 fully saturated rings. The highest BCUT2D eigenvalue weighted by Crippen LogP contribution is 2.18. The highest BCUT2D eigenvalue weighted by atomic mass is 32.2. The minimum absolute atomic E-state index is 0.0720. The van der Waals surface area contributed by atoms with Crippen LogP contribution in [0.25, 0.3) is 10.9 Å². The summed E-state index contributed by atoms with van der Waals surface area (Å²) in [5.41, 5.74) is 0.566. The summed E-state index contributed by atoms with van der Waals surface area (Å²) in [6.07, 6.45) is 0. The van der Waals surface area contributed by atoms with Crippen molar-refractivity contribution in [1.29, 1.82) is 0 Å². The number of thioether (sulfide) groups is 1. The zero-order chi connectivity index (χ0) is 20.8. The Morgan fingerprint density at radius 3 is 2.72 bits per heavy atom. The van der Waals surface area contributed by atoms with E-state index < -0.39 is 0 Å². The van der Waals surface area contributed by atoms with Crippen molar-refractivity contribution < 1.29 is 14.2 Å². The quantitative estimate of drug-likeness (QED) is 0.404. The molecule has 2 N–H and O–H groups in total. The van der Waals surface area contributed by atoms with E-state index in [2.05, 4.69) is 29.3 Å². The van der Waals surface area contributed by atoms with Gasteiger partial charge in [-0.15, -0.1) is 0 Å². The number of benzene rings is 1. The van der Waals surface area contributed by atoms with E-state index in [0.29, 0.717) is 34.2 Å². The number of likely N-dealkylation sites (N-methyl/N-ethyl adjacent to an activating group) is 1. The number of hydrogen-bond donors (Lipinski definition) is 2. The number of aryl methyl sites for hydroxylation is 1. The fourth-order valence-corrected chi connectivity index (χ4v) is 3.89. The second-order valence-electron chi connectivity index (χ2n) is 6.74. The van der Waals surface area contributed by atoms with Gasteiger partial charge in [0, 0.05) is 6.07 Å². The van der Waals surface area contributed by atoms with Gasteiger partial charge in [0.2, 0.25) is 5.91 Å². The molecule has 0 unspecified atom stereocenters. The molecule has 3 rings (SSSR count). The van der Waals surface area contributed by atoms with Crippen LogP contribution in [0.5, 0.6) is 0 Å². The third-order valence-corrected chi connectivity index (χ3v) is 5.72. The number of quaternary nitrogens is 1. The van der Waals surface area contributed by atoms with E-state index in [0.717, 1.165) is 19.6 Å². The van der Waals surface area contributed by atoms with Crippen molar-refractivity contribution in [3.63, 3.8) is 0 Å². The molecule has 9 heteroatoms. The number of para-hydroxylation sites is 1. The van der Waals surface area contributed by atoms with Crippen LogP contribution >= 0.6 is 11.8 Å². The first kappa shape index (κ1) is 21.1. The van der Waals surface area contributed by atoms with Crippen molar-refractivity contribution in [2.24, 2.45) is 0 Å². The molecule has 1 aromatic carbocycles. The molecule has 0 spiro atoms. The first-order chi connectivity index (χ1) is 14.0. The average molecular weight is 417 g/mol. The van der Waals surface area contributed by atoms with Crippen LogP contribution in [-0.2, 0) is 11.3 Å².